The predicted octanol–water partition coefficient (Wildman–Crippen LogP) is 2.29. The third-order valence-corrected chi connectivity index (χ3v) is 11.5. The summed E-state index contributed by atoms with van der Waals surface area (Å²) in [4.78, 5) is 13.7. The molecule has 39 heavy (non-hydrogen) atoms. The van der Waals surface area contributed by atoms with Gasteiger partial charge in [0.15, 0.2) is 11.6 Å². The van der Waals surface area contributed by atoms with Crippen LogP contribution in [0.3, 0.4) is 0 Å². The Labute approximate surface area is 231 Å². The fraction of sp³-hybridized carbons (Fsp3) is 0.900. The van der Waals surface area contributed by atoms with Crippen LogP contribution in [0.25, 0.3) is 0 Å². The van der Waals surface area contributed by atoms with Crippen LogP contribution in [-0.2, 0) is 14.3 Å². The van der Waals surface area contributed by atoms with E-state index < -0.39 is 62.9 Å². The van der Waals surface area contributed by atoms with E-state index in [-0.39, 0.29) is 31.0 Å². The minimum absolute atomic E-state index is 0.0259. The van der Waals surface area contributed by atoms with Crippen molar-refractivity contribution in [1.29, 1.82) is 0 Å². The maximum atomic E-state index is 13.7. The zero-order valence-electron chi connectivity index (χ0n) is 24.5. The quantitative estimate of drug-likeness (QED) is 0.301. The van der Waals surface area contributed by atoms with E-state index in [2.05, 4.69) is 0 Å². The van der Waals surface area contributed by atoms with E-state index in [0.717, 1.165) is 0 Å². The summed E-state index contributed by atoms with van der Waals surface area (Å²) in [6.45, 7) is 12.1. The first-order valence-corrected chi connectivity index (χ1v) is 14.5. The number of hydrogen-bond acceptors (Lipinski definition) is 9. The average Bonchev–Trinajstić information content (AvgIpc) is 3.15. The molecule has 1 aliphatic heterocycles. The molecule has 5 aliphatic rings. The van der Waals surface area contributed by atoms with E-state index >= 15 is 0 Å². The average molecular weight is 553 g/mol. The van der Waals surface area contributed by atoms with Crippen molar-refractivity contribution in [3.63, 3.8) is 0 Å². The summed E-state index contributed by atoms with van der Waals surface area (Å²) in [5, 5.41) is 68.1. The van der Waals surface area contributed by atoms with Gasteiger partial charge in [0.25, 0.3) is 0 Å². The maximum Gasteiger partial charge on any atom is 0.224 e. The number of hydrogen-bond donors (Lipinski definition) is 6. The van der Waals surface area contributed by atoms with Crippen molar-refractivity contribution in [3.05, 3.63) is 11.6 Å². The summed E-state index contributed by atoms with van der Waals surface area (Å²) in [6, 6.07) is 0. The van der Waals surface area contributed by atoms with Gasteiger partial charge >= 0.3 is 0 Å². The Morgan fingerprint density at radius 3 is 2.21 bits per heavy atom. The van der Waals surface area contributed by atoms with Crippen molar-refractivity contribution in [2.45, 2.75) is 140 Å². The zero-order valence-corrected chi connectivity index (χ0v) is 24.5. The molecule has 0 aromatic heterocycles. The number of allylic oxidation sites excluding steroid dienone is 1. The highest BCUT2D eigenvalue weighted by Crippen LogP contribution is 2.70. The third kappa shape index (κ3) is 4.06. The molecular weight excluding hydrogens is 504 g/mol. The molecule has 4 fully saturated rings. The second-order valence-corrected chi connectivity index (χ2v) is 15.2. The van der Waals surface area contributed by atoms with Gasteiger partial charge in [-0.15, -0.1) is 0 Å². The molecule has 0 spiro atoms. The van der Waals surface area contributed by atoms with Gasteiger partial charge in [0.05, 0.1) is 22.9 Å². The van der Waals surface area contributed by atoms with E-state index in [1.807, 2.05) is 13.8 Å². The normalized spacial score (nSPS) is 49.3. The molecule has 5 rings (SSSR count). The lowest BCUT2D eigenvalue weighted by Gasteiger charge is -2.62. The lowest BCUT2D eigenvalue weighted by Crippen LogP contribution is -2.67. The van der Waals surface area contributed by atoms with Crippen LogP contribution in [0.4, 0.5) is 0 Å². The van der Waals surface area contributed by atoms with Gasteiger partial charge in [-0.05, 0) is 102 Å². The summed E-state index contributed by atoms with van der Waals surface area (Å²) in [5.74, 6) is -6.77. The minimum atomic E-state index is -2.02. The molecule has 9 heteroatoms. The molecule has 0 amide bonds. The first-order valence-electron chi connectivity index (χ1n) is 14.5. The number of fused-ring (bicyclic) bond motifs is 6. The van der Waals surface area contributed by atoms with Crippen molar-refractivity contribution >= 4 is 5.78 Å². The van der Waals surface area contributed by atoms with Crippen molar-refractivity contribution in [2.24, 2.45) is 28.6 Å². The molecule has 9 nitrogen and oxygen atoms in total. The molecule has 1 saturated heterocycles. The van der Waals surface area contributed by atoms with Crippen molar-refractivity contribution in [1.82, 2.24) is 0 Å². The van der Waals surface area contributed by atoms with Crippen LogP contribution in [0.1, 0.15) is 99.8 Å². The number of carbonyl (C=O) groups is 1. The van der Waals surface area contributed by atoms with E-state index in [9.17, 15) is 35.4 Å². The standard InChI is InChI=1S/C30H48O9/c1-23(2,33)11-10-22(32)27(7,34)21-9-13-28(35)18-14-20(31)19-15-29(36)30(37,39-24(3,4)38-29)16-25(19,5)17(18)8-12-26(21,28)6/h14,17,19,21-22,32-37H,8-13,15-16H2,1-7H3/t17-,19-,21-,22+,25+,26+,27+,28?,29-,30+/m0/s1. The number of ketones is 1. The molecule has 6 N–H and O–H groups in total. The number of aliphatic hydroxyl groups is 6. The largest absolute Gasteiger partial charge is 0.390 e. The van der Waals surface area contributed by atoms with Crippen molar-refractivity contribution < 1.29 is 44.9 Å². The third-order valence-electron chi connectivity index (χ3n) is 11.5. The van der Waals surface area contributed by atoms with E-state index in [0.29, 0.717) is 37.7 Å². The highest BCUT2D eigenvalue weighted by Gasteiger charge is 2.75. The van der Waals surface area contributed by atoms with Crippen molar-refractivity contribution in [3.8, 4) is 0 Å². The Balaban J connectivity index is 1.48. The summed E-state index contributed by atoms with van der Waals surface area (Å²) in [6.07, 6.45) is 2.80. The molecule has 1 unspecified atom stereocenters. The van der Waals surface area contributed by atoms with Gasteiger partial charge < -0.3 is 40.1 Å². The molecule has 0 aromatic rings. The summed E-state index contributed by atoms with van der Waals surface area (Å²) >= 11 is 0. The molecule has 0 bridgehead atoms. The number of carbonyl (C=O) groups excluding carboxylic acids is 1. The van der Waals surface area contributed by atoms with Crippen molar-refractivity contribution in [2.75, 3.05) is 0 Å². The van der Waals surface area contributed by atoms with Crippen LogP contribution in [0.5, 0.6) is 0 Å². The van der Waals surface area contributed by atoms with Gasteiger partial charge in [-0.1, -0.05) is 13.8 Å². The Hall–Kier alpha value is -0.910. The Morgan fingerprint density at radius 2 is 1.59 bits per heavy atom. The summed E-state index contributed by atoms with van der Waals surface area (Å²) < 4.78 is 11.6. The number of ether oxygens (including phenoxy) is 2. The highest BCUT2D eigenvalue weighted by molar-refractivity contribution is 5.95. The molecule has 222 valence electrons. The molecule has 3 saturated carbocycles. The van der Waals surface area contributed by atoms with Crippen LogP contribution in [0.15, 0.2) is 11.6 Å². The molecular formula is C30H48O9. The monoisotopic (exact) mass is 552 g/mol. The second-order valence-electron chi connectivity index (χ2n) is 15.2. The van der Waals surface area contributed by atoms with Crippen LogP contribution in [0, 0.1) is 28.6 Å². The predicted molar refractivity (Wildman–Crippen MR) is 141 cm³/mol. The lowest BCUT2D eigenvalue weighted by atomic mass is 9.45. The fourth-order valence-corrected chi connectivity index (χ4v) is 9.41. The van der Waals surface area contributed by atoms with Gasteiger partial charge in [-0.25, -0.2) is 0 Å². The van der Waals surface area contributed by atoms with Crippen LogP contribution in [0.2, 0.25) is 0 Å². The summed E-state index contributed by atoms with van der Waals surface area (Å²) in [7, 11) is 0. The SMILES string of the molecule is CC(C)(O)CC[C@@H](O)[C@](C)(O)[C@H]1CCC2(O)C3=CC(=O)[C@@H]4C[C@]5(O)OC(C)(C)O[C@]5(O)C[C@]4(C)[C@H]3CC[C@]12C. The van der Waals surface area contributed by atoms with Gasteiger partial charge in [-0.3, -0.25) is 4.79 Å². The van der Waals surface area contributed by atoms with E-state index in [1.54, 1.807) is 40.7 Å². The van der Waals surface area contributed by atoms with Gasteiger partial charge in [0, 0.05) is 24.2 Å². The Bertz CT molecular complexity index is 1080. The topological polar surface area (TPSA) is 157 Å². The number of aliphatic hydroxyl groups excluding tert-OH is 1. The molecule has 1 heterocycles. The van der Waals surface area contributed by atoms with Crippen LogP contribution in [-0.4, -0.2) is 76.7 Å². The van der Waals surface area contributed by atoms with Crippen LogP contribution >= 0.6 is 0 Å². The first kappa shape index (κ1) is 29.6. The lowest BCUT2D eigenvalue weighted by molar-refractivity contribution is -0.337. The van der Waals surface area contributed by atoms with E-state index in [1.165, 1.54) is 0 Å². The van der Waals surface area contributed by atoms with Gasteiger partial charge in [-0.2, -0.15) is 0 Å². The Kier molecular flexibility index (Phi) is 6.33. The number of rotatable bonds is 5. The molecule has 0 radical (unpaired) electrons. The van der Waals surface area contributed by atoms with E-state index in [4.69, 9.17) is 9.47 Å². The molecule has 0 aromatic carbocycles. The van der Waals surface area contributed by atoms with Gasteiger partial charge in [0.2, 0.25) is 11.6 Å². The summed E-state index contributed by atoms with van der Waals surface area (Å²) in [5.41, 5.74) is -4.85. The Morgan fingerprint density at radius 1 is 0.974 bits per heavy atom. The smallest absolute Gasteiger partial charge is 0.224 e. The molecule has 10 atom stereocenters. The second kappa shape index (κ2) is 8.34. The zero-order chi connectivity index (χ0) is 29.2. The maximum absolute atomic E-state index is 13.7. The van der Waals surface area contributed by atoms with Gasteiger partial charge in [0.1, 0.15) is 0 Å². The van der Waals surface area contributed by atoms with Crippen LogP contribution < -0.4 is 0 Å². The highest BCUT2D eigenvalue weighted by atomic mass is 16.9. The first-order chi connectivity index (χ1) is 17.5. The molecule has 4 aliphatic carbocycles. The minimum Gasteiger partial charge on any atom is -0.390 e. The fourth-order valence-electron chi connectivity index (χ4n) is 9.41.